The van der Waals surface area contributed by atoms with Crippen LogP contribution in [-0.2, 0) is 4.74 Å². The zero-order valence-electron chi connectivity index (χ0n) is 18.9. The Morgan fingerprint density at radius 1 is 1.24 bits per heavy atom. The van der Waals surface area contributed by atoms with Crippen LogP contribution in [-0.4, -0.2) is 21.7 Å². The molecule has 34 heavy (non-hydrogen) atoms. The maximum absolute atomic E-state index is 11.9. The number of fused-ring (bicyclic) bond motifs is 1. The topological polar surface area (TPSA) is 102 Å². The number of rotatable bonds is 6. The number of benzene rings is 2. The molecule has 1 fully saturated rings. The van der Waals surface area contributed by atoms with Gasteiger partial charge in [-0.2, -0.15) is 10.2 Å². The third-order valence-corrected chi connectivity index (χ3v) is 5.89. The highest BCUT2D eigenvalue weighted by Crippen LogP contribution is 2.43. The fourth-order valence-electron chi connectivity index (χ4n) is 4.21. The number of oxazole rings is 1. The number of anilines is 1. The van der Waals surface area contributed by atoms with Crippen molar-refractivity contribution >= 4 is 22.7 Å². The number of amides is 1. The van der Waals surface area contributed by atoms with Gasteiger partial charge in [0, 0.05) is 23.2 Å². The number of carbonyl (C=O) groups excluding carboxylic acids is 1. The van der Waals surface area contributed by atoms with Crippen LogP contribution in [0.2, 0.25) is 0 Å². The average molecular weight is 457 g/mol. The Morgan fingerprint density at radius 2 is 2.03 bits per heavy atom. The Balaban J connectivity index is 1.56. The number of hydrogen-bond donors (Lipinski definition) is 1. The molecule has 0 aliphatic heterocycles. The highest BCUT2D eigenvalue weighted by Gasteiger charge is 2.28. The molecule has 8 nitrogen and oxygen atoms in total. The first kappa shape index (κ1) is 21.6. The Labute approximate surface area is 196 Å². The van der Waals surface area contributed by atoms with Gasteiger partial charge in [-0.05, 0) is 62.9 Å². The van der Waals surface area contributed by atoms with E-state index in [1.54, 1.807) is 13.8 Å². The predicted octanol–water partition coefficient (Wildman–Crippen LogP) is 6.64. The van der Waals surface area contributed by atoms with E-state index < -0.39 is 6.09 Å². The standard InChI is InChI=1S/C26H24N4O4/c1-16(2)33-25(31)29-18-8-6-17(7-9-18)24-22(15-27)21-11-10-20(34-26-28-12-13-32-26)14-23(21)30(24)19-4-3-5-19/h6-14,16,19H,3-5H2,1-2H3,(H,29,31). The minimum atomic E-state index is -0.498. The third-order valence-electron chi connectivity index (χ3n) is 5.89. The van der Waals surface area contributed by atoms with E-state index in [1.165, 1.54) is 12.5 Å². The van der Waals surface area contributed by atoms with E-state index >= 15 is 0 Å². The molecule has 4 aromatic rings. The molecule has 0 bridgehead atoms. The zero-order valence-corrected chi connectivity index (χ0v) is 18.9. The Bertz CT molecular complexity index is 1360. The molecule has 1 aliphatic carbocycles. The molecule has 1 saturated carbocycles. The van der Waals surface area contributed by atoms with Gasteiger partial charge in [0.2, 0.25) is 0 Å². The fraction of sp³-hybridized carbons (Fsp3) is 0.269. The molecule has 2 aromatic carbocycles. The van der Waals surface area contributed by atoms with Gasteiger partial charge in [0.15, 0.2) is 0 Å². The van der Waals surface area contributed by atoms with Crippen molar-refractivity contribution in [1.29, 1.82) is 5.26 Å². The molecule has 5 rings (SSSR count). The van der Waals surface area contributed by atoms with Crippen molar-refractivity contribution in [2.45, 2.75) is 45.3 Å². The molecule has 0 atom stereocenters. The first-order valence-corrected chi connectivity index (χ1v) is 11.3. The number of hydrogen-bond acceptors (Lipinski definition) is 6. The minimum absolute atomic E-state index is 0.168. The monoisotopic (exact) mass is 456 g/mol. The van der Waals surface area contributed by atoms with Crippen LogP contribution in [0.3, 0.4) is 0 Å². The predicted molar refractivity (Wildman–Crippen MR) is 127 cm³/mol. The number of nitrogens with zero attached hydrogens (tertiary/aromatic N) is 3. The molecule has 0 unspecified atom stereocenters. The van der Waals surface area contributed by atoms with Crippen LogP contribution in [0.1, 0.15) is 44.7 Å². The lowest BCUT2D eigenvalue weighted by Crippen LogP contribution is -2.18. The highest BCUT2D eigenvalue weighted by molar-refractivity contribution is 5.96. The van der Waals surface area contributed by atoms with Crippen LogP contribution in [0, 0.1) is 11.3 Å². The lowest BCUT2D eigenvalue weighted by Gasteiger charge is -2.30. The van der Waals surface area contributed by atoms with Crippen LogP contribution in [0.15, 0.2) is 59.3 Å². The average Bonchev–Trinajstić information content (AvgIpc) is 3.39. The van der Waals surface area contributed by atoms with E-state index in [4.69, 9.17) is 13.9 Å². The van der Waals surface area contributed by atoms with Crippen molar-refractivity contribution in [3.8, 4) is 29.2 Å². The number of carbonyl (C=O) groups is 1. The smallest absolute Gasteiger partial charge is 0.411 e. The number of aromatic nitrogens is 2. The van der Waals surface area contributed by atoms with Crippen LogP contribution in [0.5, 0.6) is 11.8 Å². The molecular weight excluding hydrogens is 432 g/mol. The van der Waals surface area contributed by atoms with E-state index in [9.17, 15) is 10.1 Å². The van der Waals surface area contributed by atoms with Crippen molar-refractivity contribution in [2.24, 2.45) is 0 Å². The second-order valence-electron chi connectivity index (χ2n) is 8.53. The molecule has 2 aromatic heterocycles. The molecular formula is C26H24N4O4. The Hall–Kier alpha value is -4.25. The summed E-state index contributed by atoms with van der Waals surface area (Å²) in [4.78, 5) is 15.9. The van der Waals surface area contributed by atoms with Gasteiger partial charge >= 0.3 is 12.2 Å². The van der Waals surface area contributed by atoms with E-state index in [2.05, 4.69) is 20.9 Å². The summed E-state index contributed by atoms with van der Waals surface area (Å²) in [5.74, 6) is 0.590. The number of nitriles is 1. The maximum Gasteiger partial charge on any atom is 0.411 e. The lowest BCUT2D eigenvalue weighted by atomic mass is 9.92. The minimum Gasteiger partial charge on any atom is -0.447 e. The summed E-state index contributed by atoms with van der Waals surface area (Å²) in [6, 6.07) is 15.8. The van der Waals surface area contributed by atoms with Gasteiger partial charge in [0.05, 0.1) is 29.1 Å². The summed E-state index contributed by atoms with van der Waals surface area (Å²) in [5, 5.41) is 13.7. The fourth-order valence-corrected chi connectivity index (χ4v) is 4.21. The number of nitrogens with one attached hydrogen (secondary N) is 1. The normalized spacial score (nSPS) is 13.5. The summed E-state index contributed by atoms with van der Waals surface area (Å²) in [5.41, 5.74) is 3.94. The molecule has 0 radical (unpaired) electrons. The first-order valence-electron chi connectivity index (χ1n) is 11.3. The summed E-state index contributed by atoms with van der Waals surface area (Å²) < 4.78 is 18.4. The van der Waals surface area contributed by atoms with Crippen molar-refractivity contribution in [3.63, 3.8) is 0 Å². The van der Waals surface area contributed by atoms with Gasteiger partial charge in [-0.15, -0.1) is 0 Å². The molecule has 172 valence electrons. The molecule has 1 N–H and O–H groups in total. The second kappa shape index (κ2) is 8.94. The molecule has 8 heteroatoms. The molecule has 0 spiro atoms. The van der Waals surface area contributed by atoms with E-state index in [0.717, 1.165) is 41.4 Å². The summed E-state index contributed by atoms with van der Waals surface area (Å²) in [6.07, 6.45) is 5.70. The van der Waals surface area contributed by atoms with Crippen molar-refractivity contribution in [1.82, 2.24) is 9.55 Å². The lowest BCUT2D eigenvalue weighted by molar-refractivity contribution is 0.130. The van der Waals surface area contributed by atoms with E-state index in [1.807, 2.05) is 42.5 Å². The SMILES string of the molecule is CC(C)OC(=O)Nc1ccc(-c2c(C#N)c3ccc(Oc4ncco4)cc3n2C2CCC2)cc1. The Morgan fingerprint density at radius 3 is 2.65 bits per heavy atom. The van der Waals surface area contributed by atoms with Gasteiger partial charge in [-0.3, -0.25) is 5.32 Å². The Kier molecular flexibility index (Phi) is 5.68. The first-order chi connectivity index (χ1) is 16.5. The van der Waals surface area contributed by atoms with Crippen LogP contribution in [0.25, 0.3) is 22.2 Å². The second-order valence-corrected chi connectivity index (χ2v) is 8.53. The van der Waals surface area contributed by atoms with Crippen LogP contribution < -0.4 is 10.1 Å². The van der Waals surface area contributed by atoms with Gasteiger partial charge < -0.3 is 18.5 Å². The zero-order chi connectivity index (χ0) is 23.7. The maximum atomic E-state index is 11.9. The van der Waals surface area contributed by atoms with Crippen molar-refractivity contribution < 1.29 is 18.7 Å². The summed E-state index contributed by atoms with van der Waals surface area (Å²) in [7, 11) is 0. The van der Waals surface area contributed by atoms with E-state index in [-0.39, 0.29) is 12.2 Å². The van der Waals surface area contributed by atoms with Gasteiger partial charge in [0.1, 0.15) is 18.1 Å². The van der Waals surface area contributed by atoms with Crippen molar-refractivity contribution in [3.05, 3.63) is 60.5 Å². The quantitative estimate of drug-likeness (QED) is 0.349. The van der Waals surface area contributed by atoms with Gasteiger partial charge in [0.25, 0.3) is 0 Å². The molecule has 2 heterocycles. The van der Waals surface area contributed by atoms with Crippen LogP contribution >= 0.6 is 0 Å². The summed E-state index contributed by atoms with van der Waals surface area (Å²) >= 11 is 0. The van der Waals surface area contributed by atoms with Gasteiger partial charge in [-0.25, -0.2) is 4.79 Å². The largest absolute Gasteiger partial charge is 0.447 e. The van der Waals surface area contributed by atoms with Gasteiger partial charge in [-0.1, -0.05) is 12.1 Å². The molecule has 0 saturated heterocycles. The molecule has 1 aliphatic rings. The van der Waals surface area contributed by atoms with E-state index in [0.29, 0.717) is 23.0 Å². The highest BCUT2D eigenvalue weighted by atomic mass is 16.6. The summed E-state index contributed by atoms with van der Waals surface area (Å²) in [6.45, 7) is 3.60. The third kappa shape index (κ3) is 4.08. The van der Waals surface area contributed by atoms with Crippen molar-refractivity contribution in [2.75, 3.05) is 5.32 Å². The molecule has 1 amide bonds. The number of ether oxygens (including phenoxy) is 2. The van der Waals surface area contributed by atoms with Crippen LogP contribution in [0.4, 0.5) is 10.5 Å².